The fourth-order valence-corrected chi connectivity index (χ4v) is 2.35. The number of nitrogens with two attached hydrogens (primary N) is 1. The lowest BCUT2D eigenvalue weighted by Gasteiger charge is -2.11. The van der Waals surface area contributed by atoms with Crippen LogP contribution in [0, 0.1) is 11.6 Å². The zero-order chi connectivity index (χ0) is 15.4. The van der Waals surface area contributed by atoms with Crippen LogP contribution >= 0.6 is 15.9 Å². The molecular weight excluding hydrogens is 340 g/mol. The third kappa shape index (κ3) is 4.25. The summed E-state index contributed by atoms with van der Waals surface area (Å²) in [5, 5.41) is 0. The van der Waals surface area contributed by atoms with Gasteiger partial charge in [0.05, 0.1) is 4.47 Å². The average Bonchev–Trinajstić information content (AvgIpc) is 2.41. The number of halogens is 3. The Bertz CT molecular complexity index is 632. The topological polar surface area (TPSA) is 35.2 Å². The van der Waals surface area contributed by atoms with Crippen LogP contribution in [-0.4, -0.2) is 6.04 Å². The molecule has 0 aromatic heterocycles. The van der Waals surface area contributed by atoms with E-state index < -0.39 is 5.82 Å². The van der Waals surface area contributed by atoms with Gasteiger partial charge in [-0.05, 0) is 53.0 Å². The Morgan fingerprint density at radius 2 is 1.95 bits per heavy atom. The van der Waals surface area contributed by atoms with Crippen LogP contribution in [-0.2, 0) is 13.0 Å². The second-order valence-electron chi connectivity index (χ2n) is 4.95. The molecule has 0 bridgehead atoms. The first-order chi connectivity index (χ1) is 9.97. The smallest absolute Gasteiger partial charge is 0.165 e. The maximum atomic E-state index is 13.9. The first kappa shape index (κ1) is 15.9. The Kier molecular flexibility index (Phi) is 5.31. The molecule has 2 N–H and O–H groups in total. The second-order valence-corrected chi connectivity index (χ2v) is 5.74. The standard InChI is InChI=1S/C16H16BrF2NO/c1-10(20)7-11-5-6-15(14(19)8-11)21-9-12-3-2-4-13(18)16(12)17/h2-6,8,10H,7,9,20H2,1H3. The molecule has 0 heterocycles. The van der Waals surface area contributed by atoms with Gasteiger partial charge in [-0.25, -0.2) is 8.78 Å². The van der Waals surface area contributed by atoms with E-state index in [1.165, 1.54) is 12.1 Å². The molecule has 0 spiro atoms. The van der Waals surface area contributed by atoms with E-state index in [9.17, 15) is 8.78 Å². The molecule has 112 valence electrons. The highest BCUT2D eigenvalue weighted by Crippen LogP contribution is 2.24. The number of hydrogen-bond acceptors (Lipinski definition) is 2. The highest BCUT2D eigenvalue weighted by atomic mass is 79.9. The van der Waals surface area contributed by atoms with Crippen LogP contribution in [0.5, 0.6) is 5.75 Å². The predicted molar refractivity (Wildman–Crippen MR) is 82.2 cm³/mol. The van der Waals surface area contributed by atoms with E-state index in [1.807, 2.05) is 6.92 Å². The molecular formula is C16H16BrF2NO. The molecule has 5 heteroatoms. The van der Waals surface area contributed by atoms with E-state index in [0.717, 1.165) is 5.56 Å². The van der Waals surface area contributed by atoms with Gasteiger partial charge in [0.2, 0.25) is 0 Å². The predicted octanol–water partition coefficient (Wildman–Crippen LogP) is 4.20. The van der Waals surface area contributed by atoms with E-state index in [-0.39, 0.29) is 24.2 Å². The van der Waals surface area contributed by atoms with E-state index in [1.54, 1.807) is 24.3 Å². The summed E-state index contributed by atoms with van der Waals surface area (Å²) in [7, 11) is 0. The Labute approximate surface area is 131 Å². The van der Waals surface area contributed by atoms with Crippen molar-refractivity contribution in [2.45, 2.75) is 26.0 Å². The molecule has 0 aliphatic carbocycles. The Morgan fingerprint density at radius 3 is 2.62 bits per heavy atom. The van der Waals surface area contributed by atoms with Gasteiger partial charge in [-0.3, -0.25) is 0 Å². The molecule has 0 fully saturated rings. The lowest BCUT2D eigenvalue weighted by molar-refractivity contribution is 0.288. The average molecular weight is 356 g/mol. The minimum atomic E-state index is -0.444. The summed E-state index contributed by atoms with van der Waals surface area (Å²) in [6.07, 6.45) is 0.604. The molecule has 21 heavy (non-hydrogen) atoms. The molecule has 2 aromatic rings. The molecule has 0 aliphatic heterocycles. The van der Waals surface area contributed by atoms with Crippen LogP contribution in [0.2, 0.25) is 0 Å². The van der Waals surface area contributed by atoms with E-state index >= 15 is 0 Å². The van der Waals surface area contributed by atoms with Gasteiger partial charge >= 0.3 is 0 Å². The summed E-state index contributed by atoms with van der Waals surface area (Å²) in [5.41, 5.74) is 7.12. The fourth-order valence-electron chi connectivity index (χ4n) is 1.98. The van der Waals surface area contributed by atoms with E-state index in [4.69, 9.17) is 10.5 Å². The third-order valence-electron chi connectivity index (χ3n) is 2.97. The summed E-state index contributed by atoms with van der Waals surface area (Å²) in [4.78, 5) is 0. The summed E-state index contributed by atoms with van der Waals surface area (Å²) in [6.45, 7) is 1.95. The van der Waals surface area contributed by atoms with Crippen LogP contribution in [0.25, 0.3) is 0 Å². The van der Waals surface area contributed by atoms with Crippen LogP contribution < -0.4 is 10.5 Å². The molecule has 0 radical (unpaired) electrons. The zero-order valence-corrected chi connectivity index (χ0v) is 13.2. The van der Waals surface area contributed by atoms with Gasteiger partial charge in [0.25, 0.3) is 0 Å². The molecule has 0 saturated heterocycles. The van der Waals surface area contributed by atoms with E-state index in [2.05, 4.69) is 15.9 Å². The van der Waals surface area contributed by atoms with Crippen molar-refractivity contribution in [2.75, 3.05) is 0 Å². The molecule has 1 atom stereocenters. The summed E-state index contributed by atoms with van der Waals surface area (Å²) in [6, 6.07) is 9.38. The Hall–Kier alpha value is -1.46. The van der Waals surface area contributed by atoms with Gasteiger partial charge in [0, 0.05) is 11.6 Å². The quantitative estimate of drug-likeness (QED) is 0.872. The zero-order valence-electron chi connectivity index (χ0n) is 11.6. The van der Waals surface area contributed by atoms with Crippen molar-refractivity contribution in [1.82, 2.24) is 0 Å². The first-order valence-electron chi connectivity index (χ1n) is 6.57. The third-order valence-corrected chi connectivity index (χ3v) is 3.86. The highest BCUT2D eigenvalue weighted by molar-refractivity contribution is 9.10. The van der Waals surface area contributed by atoms with Gasteiger partial charge in [0.15, 0.2) is 11.6 Å². The van der Waals surface area contributed by atoms with Crippen molar-refractivity contribution in [3.05, 3.63) is 63.6 Å². The lowest BCUT2D eigenvalue weighted by atomic mass is 10.1. The molecule has 1 unspecified atom stereocenters. The molecule has 0 saturated carbocycles. The summed E-state index contributed by atoms with van der Waals surface area (Å²) >= 11 is 3.15. The minimum absolute atomic E-state index is 0.0283. The van der Waals surface area contributed by atoms with Gasteiger partial charge in [-0.2, -0.15) is 0 Å². The molecule has 2 nitrogen and oxygen atoms in total. The van der Waals surface area contributed by atoms with Crippen LogP contribution in [0.15, 0.2) is 40.9 Å². The minimum Gasteiger partial charge on any atom is -0.486 e. The van der Waals surface area contributed by atoms with E-state index in [0.29, 0.717) is 16.5 Å². The van der Waals surface area contributed by atoms with Crippen molar-refractivity contribution in [1.29, 1.82) is 0 Å². The van der Waals surface area contributed by atoms with Crippen molar-refractivity contribution < 1.29 is 13.5 Å². The van der Waals surface area contributed by atoms with Crippen molar-refractivity contribution in [3.8, 4) is 5.75 Å². The van der Waals surface area contributed by atoms with Crippen molar-refractivity contribution in [2.24, 2.45) is 5.73 Å². The number of hydrogen-bond donors (Lipinski definition) is 1. The summed E-state index contributed by atoms with van der Waals surface area (Å²) < 4.78 is 33.0. The van der Waals surface area contributed by atoms with Gasteiger partial charge < -0.3 is 10.5 Å². The van der Waals surface area contributed by atoms with Gasteiger partial charge in [0.1, 0.15) is 12.4 Å². The van der Waals surface area contributed by atoms with Gasteiger partial charge in [-0.15, -0.1) is 0 Å². The maximum Gasteiger partial charge on any atom is 0.165 e. The van der Waals surface area contributed by atoms with Crippen molar-refractivity contribution in [3.63, 3.8) is 0 Å². The molecule has 2 aromatic carbocycles. The number of benzene rings is 2. The molecule has 0 amide bonds. The molecule has 0 aliphatic rings. The summed E-state index contributed by atoms with van der Waals surface area (Å²) in [5.74, 6) is -0.677. The fraction of sp³-hybridized carbons (Fsp3) is 0.250. The van der Waals surface area contributed by atoms with Crippen LogP contribution in [0.3, 0.4) is 0 Å². The normalized spacial score (nSPS) is 12.2. The molecule has 2 rings (SSSR count). The Balaban J connectivity index is 2.08. The first-order valence-corrected chi connectivity index (χ1v) is 7.36. The van der Waals surface area contributed by atoms with Crippen molar-refractivity contribution >= 4 is 15.9 Å². The Morgan fingerprint density at radius 1 is 1.19 bits per heavy atom. The lowest BCUT2D eigenvalue weighted by Crippen LogP contribution is -2.17. The number of rotatable bonds is 5. The monoisotopic (exact) mass is 355 g/mol. The second kappa shape index (κ2) is 7.00. The van der Waals surface area contributed by atoms with Crippen LogP contribution in [0.1, 0.15) is 18.1 Å². The van der Waals surface area contributed by atoms with Crippen LogP contribution in [0.4, 0.5) is 8.78 Å². The highest BCUT2D eigenvalue weighted by Gasteiger charge is 2.09. The number of ether oxygens (including phenoxy) is 1. The van der Waals surface area contributed by atoms with Gasteiger partial charge in [-0.1, -0.05) is 18.2 Å². The SMILES string of the molecule is CC(N)Cc1ccc(OCc2cccc(F)c2Br)c(F)c1. The largest absolute Gasteiger partial charge is 0.486 e. The maximum absolute atomic E-state index is 13.9.